The molecule has 0 N–H and O–H groups in total. The summed E-state index contributed by atoms with van der Waals surface area (Å²) in [6, 6.07) is 74.2. The average Bonchev–Trinajstić information content (AvgIpc) is 3.66. The molecule has 0 bridgehead atoms. The van der Waals surface area contributed by atoms with Crippen molar-refractivity contribution in [1.82, 2.24) is 0 Å². The van der Waals surface area contributed by atoms with E-state index in [0.717, 1.165) is 17.1 Å². The molecule has 0 amide bonds. The van der Waals surface area contributed by atoms with Gasteiger partial charge in [0.1, 0.15) is 0 Å². The molecule has 0 aliphatic heterocycles. The number of nitrogens with zero attached hydrogens (tertiary/aromatic N) is 1. The molecule has 0 spiro atoms. The summed E-state index contributed by atoms with van der Waals surface area (Å²) in [5.74, 6) is 0. The zero-order valence-electron chi connectivity index (χ0n) is 34.0. The maximum atomic E-state index is 2.45. The highest BCUT2D eigenvalue weighted by Gasteiger charge is 2.39. The van der Waals surface area contributed by atoms with Crippen molar-refractivity contribution in [1.29, 1.82) is 0 Å². The molecule has 59 heavy (non-hydrogen) atoms. The Bertz CT molecular complexity index is 3060. The molecule has 0 saturated carbocycles. The molecule has 0 radical (unpaired) electrons. The third-order valence-corrected chi connectivity index (χ3v) is 13.2. The third kappa shape index (κ3) is 5.53. The van der Waals surface area contributed by atoms with Gasteiger partial charge in [0.2, 0.25) is 0 Å². The van der Waals surface area contributed by atoms with E-state index in [1.807, 2.05) is 0 Å². The first-order valence-electron chi connectivity index (χ1n) is 20.8. The van der Waals surface area contributed by atoms with Gasteiger partial charge in [-0.3, -0.25) is 0 Å². The van der Waals surface area contributed by atoms with E-state index >= 15 is 0 Å². The highest BCUT2D eigenvalue weighted by atomic mass is 15.1. The van der Waals surface area contributed by atoms with E-state index in [1.165, 1.54) is 88.7 Å². The molecule has 9 aromatic carbocycles. The topological polar surface area (TPSA) is 3.24 Å². The smallest absolute Gasteiger partial charge is 0.0468 e. The molecule has 0 aromatic heterocycles. The second-order valence-corrected chi connectivity index (χ2v) is 17.3. The maximum absolute atomic E-state index is 2.45. The molecule has 0 atom stereocenters. The third-order valence-electron chi connectivity index (χ3n) is 13.2. The van der Waals surface area contributed by atoms with E-state index in [2.05, 4.69) is 233 Å². The van der Waals surface area contributed by atoms with E-state index in [9.17, 15) is 0 Å². The van der Waals surface area contributed by atoms with Gasteiger partial charge in [-0.25, -0.2) is 0 Å². The predicted molar refractivity (Wildman–Crippen MR) is 250 cm³/mol. The van der Waals surface area contributed by atoms with Crippen LogP contribution in [0.1, 0.15) is 49.9 Å². The minimum absolute atomic E-state index is 0.0436. The molecule has 1 heteroatoms. The van der Waals surface area contributed by atoms with E-state index in [4.69, 9.17) is 0 Å². The molecule has 0 fully saturated rings. The molecule has 2 aliphatic rings. The molecule has 0 saturated heterocycles. The van der Waals surface area contributed by atoms with Crippen LogP contribution in [-0.4, -0.2) is 0 Å². The second-order valence-electron chi connectivity index (χ2n) is 17.3. The SMILES string of the molecule is CC1(C)c2ccccc2-c2ccc(-c3ccc(N(c4ccc(-c5ccccc5)cc4)c4ccc5c(c4)-c4c(-c6ccccc6)cc6ccccc6c4C5(C)C)cc3)cc21. The summed E-state index contributed by atoms with van der Waals surface area (Å²) in [7, 11) is 0. The summed E-state index contributed by atoms with van der Waals surface area (Å²) in [6.45, 7) is 9.51. The van der Waals surface area contributed by atoms with Crippen LogP contribution in [0.4, 0.5) is 17.1 Å². The van der Waals surface area contributed by atoms with Crippen LogP contribution in [0.5, 0.6) is 0 Å². The molecule has 9 aromatic rings. The number of benzene rings is 9. The number of anilines is 3. The second kappa shape index (κ2) is 13.3. The zero-order valence-corrected chi connectivity index (χ0v) is 34.0. The first kappa shape index (κ1) is 35.2. The van der Waals surface area contributed by atoms with Crippen molar-refractivity contribution < 1.29 is 0 Å². The molecule has 0 unspecified atom stereocenters. The van der Waals surface area contributed by atoms with Crippen molar-refractivity contribution in [3.8, 4) is 55.6 Å². The van der Waals surface area contributed by atoms with Gasteiger partial charge >= 0.3 is 0 Å². The lowest BCUT2D eigenvalue weighted by Gasteiger charge is -2.27. The zero-order chi connectivity index (χ0) is 39.9. The fourth-order valence-corrected chi connectivity index (χ4v) is 10.2. The molecule has 2 aliphatic carbocycles. The van der Waals surface area contributed by atoms with E-state index < -0.39 is 0 Å². The number of hydrogen-bond acceptors (Lipinski definition) is 1. The summed E-state index contributed by atoms with van der Waals surface area (Å²) in [5, 5.41) is 2.61. The fourth-order valence-electron chi connectivity index (χ4n) is 10.2. The van der Waals surface area contributed by atoms with Gasteiger partial charge in [0.25, 0.3) is 0 Å². The van der Waals surface area contributed by atoms with E-state index in [1.54, 1.807) is 0 Å². The van der Waals surface area contributed by atoms with Gasteiger partial charge in [0, 0.05) is 27.9 Å². The molecular formula is C58H45N. The van der Waals surface area contributed by atoms with Crippen molar-refractivity contribution in [3.63, 3.8) is 0 Å². The summed E-state index contributed by atoms with van der Waals surface area (Å²) < 4.78 is 0. The van der Waals surface area contributed by atoms with Gasteiger partial charge in [-0.2, -0.15) is 0 Å². The predicted octanol–water partition coefficient (Wildman–Crippen LogP) is 15.9. The molecular weight excluding hydrogens is 711 g/mol. The standard InChI is InChI=1S/C58H45N/c1-57(2)52-22-14-13-21-48(52)49-33-27-42(36-54(49)57)40-25-30-45(31-26-40)59(44-28-23-39(24-29-44)38-15-7-5-8-16-38)46-32-34-53-51(37-46)55-50(41-17-9-6-10-18-41)35-43-19-11-12-20-47(43)56(55)58(53,3)4/h5-37H,1-4H3. The summed E-state index contributed by atoms with van der Waals surface area (Å²) in [5.41, 5.74) is 21.5. The Hall–Kier alpha value is -6.96. The number of fused-ring (bicyclic) bond motifs is 8. The lowest BCUT2D eigenvalue weighted by Crippen LogP contribution is -2.16. The maximum Gasteiger partial charge on any atom is 0.0468 e. The van der Waals surface area contributed by atoms with Crippen molar-refractivity contribution in [2.75, 3.05) is 4.90 Å². The lowest BCUT2D eigenvalue weighted by atomic mass is 9.79. The highest BCUT2D eigenvalue weighted by molar-refractivity contribution is 6.05. The average molecular weight is 756 g/mol. The Morgan fingerprint density at radius 3 is 1.56 bits per heavy atom. The first-order valence-corrected chi connectivity index (χ1v) is 20.8. The molecule has 0 heterocycles. The summed E-state index contributed by atoms with van der Waals surface area (Å²) in [6.07, 6.45) is 0. The monoisotopic (exact) mass is 755 g/mol. The Morgan fingerprint density at radius 2 is 0.847 bits per heavy atom. The van der Waals surface area contributed by atoms with Crippen molar-refractivity contribution in [3.05, 3.63) is 222 Å². The Balaban J connectivity index is 1.06. The Kier molecular flexibility index (Phi) is 7.94. The highest BCUT2D eigenvalue weighted by Crippen LogP contribution is 2.56. The molecule has 1 nitrogen and oxygen atoms in total. The largest absolute Gasteiger partial charge is 0.310 e. The first-order chi connectivity index (χ1) is 28.8. The number of rotatable bonds is 6. The van der Waals surface area contributed by atoms with Crippen LogP contribution in [0, 0.1) is 0 Å². The van der Waals surface area contributed by atoms with Gasteiger partial charge < -0.3 is 4.90 Å². The van der Waals surface area contributed by atoms with Crippen molar-refractivity contribution in [2.24, 2.45) is 0 Å². The van der Waals surface area contributed by atoms with Crippen LogP contribution in [-0.2, 0) is 10.8 Å². The van der Waals surface area contributed by atoms with Gasteiger partial charge in [-0.15, -0.1) is 0 Å². The minimum Gasteiger partial charge on any atom is -0.310 e. The lowest BCUT2D eigenvalue weighted by molar-refractivity contribution is 0.660. The van der Waals surface area contributed by atoms with Gasteiger partial charge in [0.05, 0.1) is 0 Å². The Labute approximate surface area is 347 Å². The van der Waals surface area contributed by atoms with Crippen LogP contribution in [0.3, 0.4) is 0 Å². The summed E-state index contributed by atoms with van der Waals surface area (Å²) in [4.78, 5) is 2.43. The molecule has 282 valence electrons. The van der Waals surface area contributed by atoms with Gasteiger partial charge in [-0.05, 0) is 137 Å². The van der Waals surface area contributed by atoms with E-state index in [-0.39, 0.29) is 10.8 Å². The van der Waals surface area contributed by atoms with Crippen LogP contribution in [0.2, 0.25) is 0 Å². The van der Waals surface area contributed by atoms with Crippen molar-refractivity contribution >= 4 is 27.8 Å². The molecule has 11 rings (SSSR count). The fraction of sp³-hybridized carbons (Fsp3) is 0.103. The quantitative estimate of drug-likeness (QED) is 0.163. The number of hydrogen-bond donors (Lipinski definition) is 0. The normalized spacial score (nSPS) is 14.0. The minimum atomic E-state index is -0.177. The Morgan fingerprint density at radius 1 is 0.322 bits per heavy atom. The van der Waals surface area contributed by atoms with Crippen LogP contribution in [0.15, 0.2) is 200 Å². The summed E-state index contributed by atoms with van der Waals surface area (Å²) >= 11 is 0. The van der Waals surface area contributed by atoms with Crippen LogP contribution in [0.25, 0.3) is 66.4 Å². The van der Waals surface area contributed by atoms with Gasteiger partial charge in [-0.1, -0.05) is 179 Å². The van der Waals surface area contributed by atoms with Crippen LogP contribution < -0.4 is 4.90 Å². The van der Waals surface area contributed by atoms with Crippen LogP contribution >= 0.6 is 0 Å². The van der Waals surface area contributed by atoms with Crippen molar-refractivity contribution in [2.45, 2.75) is 38.5 Å². The van der Waals surface area contributed by atoms with Gasteiger partial charge in [0.15, 0.2) is 0 Å². The van der Waals surface area contributed by atoms with E-state index in [0.29, 0.717) is 0 Å².